The van der Waals surface area contributed by atoms with Crippen molar-refractivity contribution < 1.29 is 9.59 Å². The molecule has 2 amide bonds. The van der Waals surface area contributed by atoms with Crippen molar-refractivity contribution in [2.75, 3.05) is 5.32 Å². The lowest BCUT2D eigenvalue weighted by atomic mass is 10.1. The summed E-state index contributed by atoms with van der Waals surface area (Å²) in [5, 5.41) is 5.90. The molecule has 25 heavy (non-hydrogen) atoms. The summed E-state index contributed by atoms with van der Waals surface area (Å²) in [6, 6.07) is 9.31. The molecule has 1 aromatic carbocycles. The number of aryl methyl sites for hydroxylation is 2. The number of benzene rings is 1. The molecule has 2 N–H and O–H groups in total. The Balaban J connectivity index is 1.72. The molecule has 1 aliphatic carbocycles. The topological polar surface area (TPSA) is 71.1 Å². The first-order valence-electron chi connectivity index (χ1n) is 8.68. The van der Waals surface area contributed by atoms with E-state index in [1.165, 1.54) is 6.20 Å². The van der Waals surface area contributed by atoms with E-state index in [4.69, 9.17) is 0 Å². The molecule has 3 rings (SSSR count). The van der Waals surface area contributed by atoms with Crippen LogP contribution in [0.3, 0.4) is 0 Å². The molecule has 0 saturated heterocycles. The van der Waals surface area contributed by atoms with E-state index in [2.05, 4.69) is 15.6 Å². The molecular weight excluding hydrogens is 314 g/mol. The van der Waals surface area contributed by atoms with Crippen molar-refractivity contribution in [3.63, 3.8) is 0 Å². The van der Waals surface area contributed by atoms with Crippen molar-refractivity contribution in [3.8, 4) is 0 Å². The lowest BCUT2D eigenvalue weighted by Crippen LogP contribution is -2.32. The summed E-state index contributed by atoms with van der Waals surface area (Å²) in [7, 11) is 0. The Bertz CT molecular complexity index is 795. The maximum absolute atomic E-state index is 12.5. The number of hydrogen-bond donors (Lipinski definition) is 2. The average molecular weight is 337 g/mol. The smallest absolute Gasteiger partial charge is 0.274 e. The van der Waals surface area contributed by atoms with E-state index in [1.54, 1.807) is 12.1 Å². The van der Waals surface area contributed by atoms with Crippen molar-refractivity contribution in [1.82, 2.24) is 10.3 Å². The minimum atomic E-state index is -0.316. The average Bonchev–Trinajstić information content (AvgIpc) is 3.11. The number of carbonyl (C=O) groups excluding carboxylic acids is 2. The van der Waals surface area contributed by atoms with Crippen LogP contribution in [0.15, 0.2) is 36.5 Å². The summed E-state index contributed by atoms with van der Waals surface area (Å²) in [6.45, 7) is 3.91. The fourth-order valence-corrected chi connectivity index (χ4v) is 3.09. The van der Waals surface area contributed by atoms with Crippen molar-refractivity contribution in [2.24, 2.45) is 0 Å². The van der Waals surface area contributed by atoms with Crippen LogP contribution in [0.1, 0.15) is 57.7 Å². The molecule has 5 nitrogen and oxygen atoms in total. The number of aromatic nitrogens is 1. The van der Waals surface area contributed by atoms with E-state index in [1.807, 2.05) is 32.0 Å². The Labute approximate surface area is 147 Å². The van der Waals surface area contributed by atoms with Gasteiger partial charge in [-0.1, -0.05) is 25.0 Å². The van der Waals surface area contributed by atoms with E-state index >= 15 is 0 Å². The summed E-state index contributed by atoms with van der Waals surface area (Å²) in [6.07, 6.45) is 5.87. The van der Waals surface area contributed by atoms with Gasteiger partial charge in [0.2, 0.25) is 0 Å². The Morgan fingerprint density at radius 1 is 1.04 bits per heavy atom. The number of carbonyl (C=O) groups is 2. The minimum Gasteiger partial charge on any atom is -0.349 e. The van der Waals surface area contributed by atoms with Gasteiger partial charge in [0.25, 0.3) is 11.8 Å². The van der Waals surface area contributed by atoms with Crippen molar-refractivity contribution in [1.29, 1.82) is 0 Å². The van der Waals surface area contributed by atoms with Crippen LogP contribution in [-0.4, -0.2) is 22.8 Å². The van der Waals surface area contributed by atoms with Crippen molar-refractivity contribution in [2.45, 2.75) is 45.6 Å². The highest BCUT2D eigenvalue weighted by molar-refractivity contribution is 6.05. The van der Waals surface area contributed by atoms with Gasteiger partial charge in [-0.25, -0.2) is 0 Å². The van der Waals surface area contributed by atoms with Crippen molar-refractivity contribution >= 4 is 17.5 Å². The molecule has 0 atom stereocenters. The number of amides is 2. The predicted molar refractivity (Wildman–Crippen MR) is 97.8 cm³/mol. The maximum Gasteiger partial charge on any atom is 0.274 e. The van der Waals surface area contributed by atoms with Gasteiger partial charge in [-0.2, -0.15) is 0 Å². The second-order valence-electron chi connectivity index (χ2n) is 6.66. The lowest BCUT2D eigenvalue weighted by Gasteiger charge is -2.12. The van der Waals surface area contributed by atoms with Gasteiger partial charge in [-0.15, -0.1) is 0 Å². The van der Waals surface area contributed by atoms with Gasteiger partial charge in [0, 0.05) is 23.5 Å². The molecule has 1 heterocycles. The van der Waals surface area contributed by atoms with Crippen LogP contribution in [0.5, 0.6) is 0 Å². The van der Waals surface area contributed by atoms with E-state index in [0.717, 1.165) is 42.5 Å². The minimum absolute atomic E-state index is 0.143. The number of pyridine rings is 1. The summed E-state index contributed by atoms with van der Waals surface area (Å²) >= 11 is 0. The highest BCUT2D eigenvalue weighted by Gasteiger charge is 2.19. The molecule has 1 aromatic heterocycles. The van der Waals surface area contributed by atoms with E-state index < -0.39 is 0 Å². The summed E-state index contributed by atoms with van der Waals surface area (Å²) in [5.41, 5.74) is 3.51. The van der Waals surface area contributed by atoms with Gasteiger partial charge >= 0.3 is 0 Å². The van der Waals surface area contributed by atoms with Gasteiger partial charge < -0.3 is 10.6 Å². The molecule has 2 aromatic rings. The molecule has 1 saturated carbocycles. The third-order valence-corrected chi connectivity index (χ3v) is 4.59. The zero-order chi connectivity index (χ0) is 17.8. The second kappa shape index (κ2) is 7.47. The molecule has 0 radical (unpaired) electrons. The third kappa shape index (κ3) is 4.24. The molecule has 0 aliphatic heterocycles. The number of nitrogens with one attached hydrogen (secondary N) is 2. The number of nitrogens with zero attached hydrogens (tertiary/aromatic N) is 1. The lowest BCUT2D eigenvalue weighted by molar-refractivity contribution is 0.0937. The molecule has 0 spiro atoms. The Morgan fingerprint density at radius 3 is 2.56 bits per heavy atom. The molecule has 1 aliphatic rings. The van der Waals surface area contributed by atoms with Gasteiger partial charge in [0.15, 0.2) is 0 Å². The van der Waals surface area contributed by atoms with Gasteiger partial charge in [-0.3, -0.25) is 14.6 Å². The zero-order valence-electron chi connectivity index (χ0n) is 14.6. The maximum atomic E-state index is 12.5. The Hall–Kier alpha value is -2.69. The fourth-order valence-electron chi connectivity index (χ4n) is 3.09. The largest absolute Gasteiger partial charge is 0.349 e. The van der Waals surface area contributed by atoms with Crippen molar-refractivity contribution in [3.05, 3.63) is 58.9 Å². The van der Waals surface area contributed by atoms with E-state index in [0.29, 0.717) is 5.56 Å². The molecule has 5 heteroatoms. The summed E-state index contributed by atoms with van der Waals surface area (Å²) < 4.78 is 0. The van der Waals surface area contributed by atoms with Crippen LogP contribution >= 0.6 is 0 Å². The van der Waals surface area contributed by atoms with Crippen LogP contribution in [-0.2, 0) is 0 Å². The SMILES string of the molecule is Cc1ccc(C)c(NC(=O)c2cc(C(=O)NC3CCCC3)ccn2)c1. The third-order valence-electron chi connectivity index (χ3n) is 4.59. The van der Waals surface area contributed by atoms with E-state index in [9.17, 15) is 9.59 Å². The van der Waals surface area contributed by atoms with Crippen LogP contribution < -0.4 is 10.6 Å². The molecule has 130 valence electrons. The van der Waals surface area contributed by atoms with Crippen LogP contribution in [0, 0.1) is 13.8 Å². The summed E-state index contributed by atoms with van der Waals surface area (Å²) in [5.74, 6) is -0.459. The number of hydrogen-bond acceptors (Lipinski definition) is 3. The van der Waals surface area contributed by atoms with Gasteiger partial charge in [0.1, 0.15) is 5.69 Å². The number of anilines is 1. The highest BCUT2D eigenvalue weighted by atomic mass is 16.2. The molecular formula is C20H23N3O2. The highest BCUT2D eigenvalue weighted by Crippen LogP contribution is 2.19. The monoisotopic (exact) mass is 337 g/mol. The first kappa shape index (κ1) is 17.1. The molecule has 0 unspecified atom stereocenters. The standard InChI is InChI=1S/C20H23N3O2/c1-13-7-8-14(2)17(11-13)23-20(25)18-12-15(9-10-21-18)19(24)22-16-5-3-4-6-16/h7-12,16H,3-6H2,1-2H3,(H,22,24)(H,23,25). The normalized spacial score (nSPS) is 14.3. The van der Waals surface area contributed by atoms with E-state index in [-0.39, 0.29) is 23.6 Å². The Morgan fingerprint density at radius 2 is 1.80 bits per heavy atom. The van der Waals surface area contributed by atoms with Gasteiger partial charge in [-0.05, 0) is 56.0 Å². The first-order valence-corrected chi connectivity index (χ1v) is 8.68. The van der Waals surface area contributed by atoms with Gasteiger partial charge in [0.05, 0.1) is 0 Å². The second-order valence-corrected chi connectivity index (χ2v) is 6.66. The molecule has 0 bridgehead atoms. The first-order chi connectivity index (χ1) is 12.0. The predicted octanol–water partition coefficient (Wildman–Crippen LogP) is 3.62. The zero-order valence-corrected chi connectivity index (χ0v) is 14.6. The molecule has 1 fully saturated rings. The van der Waals surface area contributed by atoms with Crippen LogP contribution in [0.4, 0.5) is 5.69 Å². The van der Waals surface area contributed by atoms with Crippen LogP contribution in [0.25, 0.3) is 0 Å². The summed E-state index contributed by atoms with van der Waals surface area (Å²) in [4.78, 5) is 29.0. The quantitative estimate of drug-likeness (QED) is 0.895. The number of rotatable bonds is 4. The fraction of sp³-hybridized carbons (Fsp3) is 0.350. The Kier molecular flexibility index (Phi) is 5.12. The van der Waals surface area contributed by atoms with Crippen LogP contribution in [0.2, 0.25) is 0 Å².